The number of carbonyl (C=O) groups excluding carboxylic acids is 1. The first-order valence-electron chi connectivity index (χ1n) is 11.1. The molecule has 4 rings (SSSR count). The fourth-order valence-electron chi connectivity index (χ4n) is 3.59. The highest BCUT2D eigenvalue weighted by Crippen LogP contribution is 2.33. The van der Waals surface area contributed by atoms with Gasteiger partial charge in [0.2, 0.25) is 0 Å². The highest BCUT2D eigenvalue weighted by atomic mass is 19.3. The summed E-state index contributed by atoms with van der Waals surface area (Å²) in [6.07, 6.45) is 1.69. The van der Waals surface area contributed by atoms with E-state index in [0.717, 1.165) is 12.8 Å². The van der Waals surface area contributed by atoms with Crippen molar-refractivity contribution in [3.8, 4) is 17.2 Å². The number of para-hydroxylation sites is 1. The van der Waals surface area contributed by atoms with E-state index in [9.17, 15) is 18.4 Å². The maximum absolute atomic E-state index is 13.3. The van der Waals surface area contributed by atoms with Crippen LogP contribution in [0.4, 0.5) is 8.78 Å². The lowest BCUT2D eigenvalue weighted by atomic mass is 10.1. The van der Waals surface area contributed by atoms with Gasteiger partial charge in [0.1, 0.15) is 18.1 Å². The van der Waals surface area contributed by atoms with Crippen LogP contribution in [0.2, 0.25) is 0 Å². The lowest BCUT2D eigenvalue weighted by Gasteiger charge is -2.23. The topological polar surface area (TPSA) is 82.9 Å². The van der Waals surface area contributed by atoms with Gasteiger partial charge in [-0.15, -0.1) is 0 Å². The van der Waals surface area contributed by atoms with Crippen LogP contribution in [0.25, 0.3) is 0 Å². The lowest BCUT2D eigenvalue weighted by Crippen LogP contribution is -2.35. The predicted octanol–water partition coefficient (Wildman–Crippen LogP) is 3.74. The number of nitrogens with zero attached hydrogens (tertiary/aromatic N) is 3. The van der Waals surface area contributed by atoms with Gasteiger partial charge in [0.05, 0.1) is 13.7 Å². The number of aromatic nitrogens is 2. The Morgan fingerprint density at radius 1 is 1.11 bits per heavy atom. The smallest absolute Gasteiger partial charge is 0.387 e. The Morgan fingerprint density at radius 2 is 1.89 bits per heavy atom. The highest BCUT2D eigenvalue weighted by Gasteiger charge is 2.34. The molecular formula is C25H25F2N3O5. The van der Waals surface area contributed by atoms with E-state index >= 15 is 0 Å². The maximum atomic E-state index is 13.3. The molecule has 1 saturated carbocycles. The van der Waals surface area contributed by atoms with Crippen molar-refractivity contribution in [3.63, 3.8) is 0 Å². The molecule has 0 atom stereocenters. The van der Waals surface area contributed by atoms with Crippen LogP contribution in [0.5, 0.6) is 17.2 Å². The Hall–Kier alpha value is -3.95. The quantitative estimate of drug-likeness (QED) is 0.412. The van der Waals surface area contributed by atoms with Crippen LogP contribution in [-0.2, 0) is 13.1 Å². The van der Waals surface area contributed by atoms with Gasteiger partial charge in [0.25, 0.3) is 11.5 Å². The molecule has 0 saturated heterocycles. The number of benzene rings is 2. The molecule has 1 aliphatic rings. The molecule has 0 radical (unpaired) electrons. The summed E-state index contributed by atoms with van der Waals surface area (Å²) in [7, 11) is 1.36. The first kappa shape index (κ1) is 24.2. The van der Waals surface area contributed by atoms with Crippen LogP contribution in [0.1, 0.15) is 28.9 Å². The normalized spacial score (nSPS) is 12.9. The number of hydrogen-bond donors (Lipinski definition) is 0. The Balaban J connectivity index is 1.47. The fraction of sp³-hybridized carbons (Fsp3) is 0.320. The minimum Gasteiger partial charge on any atom is -0.493 e. The van der Waals surface area contributed by atoms with Gasteiger partial charge in [-0.25, -0.2) is 4.68 Å². The van der Waals surface area contributed by atoms with E-state index in [4.69, 9.17) is 9.47 Å². The third kappa shape index (κ3) is 6.34. The zero-order valence-electron chi connectivity index (χ0n) is 19.1. The molecule has 8 nitrogen and oxygen atoms in total. The zero-order chi connectivity index (χ0) is 24.8. The summed E-state index contributed by atoms with van der Waals surface area (Å²) in [5, 5.41) is 4.26. The molecule has 3 aromatic rings. The van der Waals surface area contributed by atoms with Crippen molar-refractivity contribution >= 4 is 5.91 Å². The van der Waals surface area contributed by atoms with Crippen molar-refractivity contribution in [2.24, 2.45) is 0 Å². The average molecular weight is 485 g/mol. The molecular weight excluding hydrogens is 460 g/mol. The second kappa shape index (κ2) is 11.0. The molecule has 10 heteroatoms. The maximum Gasteiger partial charge on any atom is 0.387 e. The molecule has 35 heavy (non-hydrogen) atoms. The van der Waals surface area contributed by atoms with Gasteiger partial charge in [-0.1, -0.05) is 24.3 Å². The van der Waals surface area contributed by atoms with Crippen LogP contribution in [0.15, 0.2) is 65.5 Å². The molecule has 0 aliphatic heterocycles. The Morgan fingerprint density at radius 3 is 2.57 bits per heavy atom. The lowest BCUT2D eigenvalue weighted by molar-refractivity contribution is -0.0512. The zero-order valence-corrected chi connectivity index (χ0v) is 19.1. The summed E-state index contributed by atoms with van der Waals surface area (Å²) in [6, 6.07) is 16.5. The second-order valence-corrected chi connectivity index (χ2v) is 7.97. The van der Waals surface area contributed by atoms with Gasteiger partial charge in [-0.2, -0.15) is 13.9 Å². The Bertz CT molecular complexity index is 1220. The first-order chi connectivity index (χ1) is 16.9. The minimum absolute atomic E-state index is 0.0362. The molecule has 184 valence electrons. The summed E-state index contributed by atoms with van der Waals surface area (Å²) >= 11 is 0. The van der Waals surface area contributed by atoms with Gasteiger partial charge in [-0.3, -0.25) is 9.59 Å². The number of halogens is 2. The molecule has 1 heterocycles. The Kier molecular flexibility index (Phi) is 7.59. The van der Waals surface area contributed by atoms with E-state index in [1.165, 1.54) is 30.0 Å². The highest BCUT2D eigenvalue weighted by molar-refractivity contribution is 5.92. The third-order valence-electron chi connectivity index (χ3n) is 5.45. The molecule has 1 aliphatic carbocycles. The van der Waals surface area contributed by atoms with E-state index in [1.807, 2.05) is 30.3 Å². The van der Waals surface area contributed by atoms with Crippen LogP contribution < -0.4 is 19.8 Å². The van der Waals surface area contributed by atoms with Gasteiger partial charge in [-0.05, 0) is 48.7 Å². The van der Waals surface area contributed by atoms with Crippen molar-refractivity contribution in [2.75, 3.05) is 13.7 Å². The van der Waals surface area contributed by atoms with Crippen LogP contribution in [0, 0.1) is 0 Å². The van der Waals surface area contributed by atoms with Crippen LogP contribution >= 0.6 is 0 Å². The van der Waals surface area contributed by atoms with Gasteiger partial charge in [0.15, 0.2) is 11.5 Å². The molecule has 1 amide bonds. The fourth-order valence-corrected chi connectivity index (χ4v) is 3.59. The summed E-state index contributed by atoms with van der Waals surface area (Å²) in [4.78, 5) is 27.2. The number of amides is 1. The number of ether oxygens (including phenoxy) is 3. The van der Waals surface area contributed by atoms with Crippen molar-refractivity contribution in [1.29, 1.82) is 0 Å². The third-order valence-corrected chi connectivity index (χ3v) is 5.45. The number of methoxy groups -OCH3 is 1. The van der Waals surface area contributed by atoms with Gasteiger partial charge in [0, 0.05) is 18.7 Å². The predicted molar refractivity (Wildman–Crippen MR) is 123 cm³/mol. The van der Waals surface area contributed by atoms with Crippen molar-refractivity contribution < 1.29 is 27.8 Å². The first-order valence-corrected chi connectivity index (χ1v) is 11.1. The monoisotopic (exact) mass is 485 g/mol. The van der Waals surface area contributed by atoms with E-state index < -0.39 is 6.61 Å². The number of carbonyl (C=O) groups is 1. The molecule has 0 bridgehead atoms. The summed E-state index contributed by atoms with van der Waals surface area (Å²) < 4.78 is 41.7. The van der Waals surface area contributed by atoms with Crippen molar-refractivity contribution in [3.05, 3.63) is 82.3 Å². The van der Waals surface area contributed by atoms with E-state index in [0.29, 0.717) is 11.3 Å². The van der Waals surface area contributed by atoms with E-state index in [1.54, 1.807) is 17.0 Å². The number of rotatable bonds is 11. The standard InChI is InChI=1S/C25H25F2N3O5/c1-33-22-15-17(7-11-21(22)35-25(26)27)16-29(18-8-9-18)24(32)20-10-12-23(31)30(28-20)13-14-34-19-5-3-2-4-6-19/h2-7,10-12,15,18,25H,8-9,13-14,16H2,1H3. The summed E-state index contributed by atoms with van der Waals surface area (Å²) in [5.74, 6) is 0.420. The van der Waals surface area contributed by atoms with E-state index in [2.05, 4.69) is 9.84 Å². The summed E-state index contributed by atoms with van der Waals surface area (Å²) in [6.45, 7) is -2.35. The molecule has 0 unspecified atom stereocenters. The molecule has 0 N–H and O–H groups in total. The SMILES string of the molecule is COc1cc(CN(C(=O)c2ccc(=O)n(CCOc3ccccc3)n2)C2CC2)ccc1OC(F)F. The largest absolute Gasteiger partial charge is 0.493 e. The van der Waals surface area contributed by atoms with E-state index in [-0.39, 0.29) is 54.4 Å². The van der Waals surface area contributed by atoms with Crippen LogP contribution in [0.3, 0.4) is 0 Å². The molecule has 1 fully saturated rings. The van der Waals surface area contributed by atoms with Crippen LogP contribution in [-0.4, -0.2) is 47.0 Å². The number of alkyl halides is 2. The molecule has 0 spiro atoms. The van der Waals surface area contributed by atoms with Crippen molar-refractivity contribution in [2.45, 2.75) is 38.6 Å². The van der Waals surface area contributed by atoms with Crippen molar-refractivity contribution in [1.82, 2.24) is 14.7 Å². The van der Waals surface area contributed by atoms with Gasteiger partial charge >= 0.3 is 6.61 Å². The second-order valence-electron chi connectivity index (χ2n) is 7.97. The summed E-state index contributed by atoms with van der Waals surface area (Å²) in [5.41, 5.74) is 0.490. The average Bonchev–Trinajstić information content (AvgIpc) is 3.70. The Labute approximate surface area is 200 Å². The molecule has 1 aromatic heterocycles. The minimum atomic E-state index is -2.97. The molecule has 2 aromatic carbocycles. The van der Waals surface area contributed by atoms with Gasteiger partial charge < -0.3 is 19.1 Å². The number of hydrogen-bond acceptors (Lipinski definition) is 6.